The first-order valence-electron chi connectivity index (χ1n) is 12.8. The lowest BCUT2D eigenvalue weighted by Crippen LogP contribution is -2.46. The van der Waals surface area contributed by atoms with Crippen LogP contribution in [0.1, 0.15) is 11.1 Å². The van der Waals surface area contributed by atoms with Crippen molar-refractivity contribution in [1.82, 2.24) is 14.8 Å². The Morgan fingerprint density at radius 1 is 1.13 bits per heavy atom. The van der Waals surface area contributed by atoms with E-state index in [1.54, 1.807) is 25.3 Å². The van der Waals surface area contributed by atoms with Crippen molar-refractivity contribution in [1.29, 1.82) is 0 Å². The Balaban J connectivity index is 1.28. The average Bonchev–Trinajstić information content (AvgIpc) is 3.23. The summed E-state index contributed by atoms with van der Waals surface area (Å²) in [6.07, 6.45) is 3.35. The number of fused-ring (bicyclic) bond motifs is 1. The molecule has 0 bridgehead atoms. The smallest absolute Gasteiger partial charge is 0.244 e. The van der Waals surface area contributed by atoms with Gasteiger partial charge in [-0.3, -0.25) is 9.69 Å². The summed E-state index contributed by atoms with van der Waals surface area (Å²) < 4.78 is 26.7. The molecule has 0 saturated carbocycles. The molecule has 0 spiro atoms. The summed E-state index contributed by atoms with van der Waals surface area (Å²) in [6, 6.07) is 22.7. The first-order chi connectivity index (χ1) is 18.5. The van der Waals surface area contributed by atoms with E-state index >= 15 is 0 Å². The van der Waals surface area contributed by atoms with Crippen LogP contribution < -0.4 is 10.1 Å². The average molecular weight is 514 g/mol. The highest BCUT2D eigenvalue weighted by atomic mass is 19.1. The molecule has 1 aliphatic rings. The molecule has 1 fully saturated rings. The van der Waals surface area contributed by atoms with Crippen molar-refractivity contribution >= 4 is 22.9 Å². The Hall–Kier alpha value is -3.94. The van der Waals surface area contributed by atoms with E-state index in [9.17, 15) is 9.18 Å². The Labute approximate surface area is 222 Å². The number of aromatic nitrogens is 1. The van der Waals surface area contributed by atoms with Crippen molar-refractivity contribution in [2.24, 2.45) is 7.05 Å². The van der Waals surface area contributed by atoms with Gasteiger partial charge in [-0.1, -0.05) is 42.5 Å². The Morgan fingerprint density at radius 3 is 2.68 bits per heavy atom. The Morgan fingerprint density at radius 2 is 1.92 bits per heavy atom. The van der Waals surface area contributed by atoms with Crippen molar-refractivity contribution in [3.8, 4) is 17.0 Å². The summed E-state index contributed by atoms with van der Waals surface area (Å²) >= 11 is 0. The van der Waals surface area contributed by atoms with E-state index in [2.05, 4.69) is 26.9 Å². The molecule has 6 nitrogen and oxygen atoms in total. The van der Waals surface area contributed by atoms with E-state index in [4.69, 9.17) is 9.47 Å². The third-order valence-electron chi connectivity index (χ3n) is 6.94. The van der Waals surface area contributed by atoms with Gasteiger partial charge in [0.25, 0.3) is 0 Å². The molecule has 1 amide bonds. The van der Waals surface area contributed by atoms with Crippen LogP contribution in [0.4, 0.5) is 4.39 Å². The van der Waals surface area contributed by atoms with E-state index in [0.717, 1.165) is 52.1 Å². The Kier molecular flexibility index (Phi) is 7.86. The number of ether oxygens (including phenoxy) is 2. The predicted octanol–water partition coefficient (Wildman–Crippen LogP) is 5.02. The second-order valence-corrected chi connectivity index (χ2v) is 9.50. The predicted molar refractivity (Wildman–Crippen MR) is 148 cm³/mol. The van der Waals surface area contributed by atoms with Gasteiger partial charge in [-0.2, -0.15) is 0 Å². The number of hydrogen-bond donors (Lipinski definition) is 1. The number of halogens is 1. The molecule has 3 aromatic carbocycles. The number of benzene rings is 3. The minimum Gasteiger partial charge on any atom is -0.497 e. The van der Waals surface area contributed by atoms with Gasteiger partial charge in [0.15, 0.2) is 0 Å². The van der Waals surface area contributed by atoms with Crippen LogP contribution in [0.3, 0.4) is 0 Å². The van der Waals surface area contributed by atoms with Crippen LogP contribution in [-0.4, -0.2) is 54.8 Å². The number of methoxy groups -OCH3 is 1. The zero-order valence-corrected chi connectivity index (χ0v) is 21.7. The van der Waals surface area contributed by atoms with Crippen LogP contribution in [-0.2, 0) is 23.1 Å². The van der Waals surface area contributed by atoms with Gasteiger partial charge in [-0.05, 0) is 47.5 Å². The topological polar surface area (TPSA) is 55.7 Å². The number of carbonyl (C=O) groups excluding carboxylic acids is 1. The normalized spacial score (nSPS) is 16.2. The fourth-order valence-electron chi connectivity index (χ4n) is 5.02. The van der Waals surface area contributed by atoms with Gasteiger partial charge in [0.2, 0.25) is 5.91 Å². The first kappa shape index (κ1) is 25.7. The number of nitrogens with one attached hydrogen (secondary N) is 1. The van der Waals surface area contributed by atoms with Gasteiger partial charge in [0, 0.05) is 55.8 Å². The maximum Gasteiger partial charge on any atom is 0.244 e. The van der Waals surface area contributed by atoms with Crippen LogP contribution in [0.5, 0.6) is 5.75 Å². The van der Waals surface area contributed by atoms with Gasteiger partial charge >= 0.3 is 0 Å². The fourth-order valence-corrected chi connectivity index (χ4v) is 5.02. The summed E-state index contributed by atoms with van der Waals surface area (Å²) in [5, 5.41) is 4.01. The number of aryl methyl sites for hydroxylation is 1. The molecule has 0 radical (unpaired) electrons. The largest absolute Gasteiger partial charge is 0.497 e. The second kappa shape index (κ2) is 11.6. The quantitative estimate of drug-likeness (QED) is 0.336. The maximum atomic E-state index is 13.2. The molecule has 2 heterocycles. The van der Waals surface area contributed by atoms with Crippen molar-refractivity contribution in [3.63, 3.8) is 0 Å². The summed E-state index contributed by atoms with van der Waals surface area (Å²) in [7, 11) is 3.69. The van der Waals surface area contributed by atoms with Gasteiger partial charge < -0.3 is 19.4 Å². The minimum atomic E-state index is -0.233. The zero-order valence-electron chi connectivity index (χ0n) is 21.7. The van der Waals surface area contributed by atoms with Gasteiger partial charge in [0.1, 0.15) is 11.6 Å². The second-order valence-electron chi connectivity index (χ2n) is 9.50. The highest BCUT2D eigenvalue weighted by Gasteiger charge is 2.21. The first-order valence-corrected chi connectivity index (χ1v) is 12.8. The monoisotopic (exact) mass is 513 g/mol. The molecule has 1 atom stereocenters. The molecule has 5 rings (SSSR count). The van der Waals surface area contributed by atoms with Crippen LogP contribution in [0.15, 0.2) is 78.9 Å². The number of hydrogen-bond acceptors (Lipinski definition) is 4. The van der Waals surface area contributed by atoms with Gasteiger partial charge in [-0.25, -0.2) is 4.39 Å². The van der Waals surface area contributed by atoms with Crippen LogP contribution in [0, 0.1) is 5.82 Å². The summed E-state index contributed by atoms with van der Waals surface area (Å²) in [5.41, 5.74) is 5.18. The molecule has 1 aliphatic heterocycles. The number of morpholine rings is 1. The molecule has 0 aliphatic carbocycles. The number of nitrogens with zero attached hydrogens (tertiary/aromatic N) is 2. The third kappa shape index (κ3) is 5.79. The number of carbonyl (C=O) groups is 1. The maximum absolute atomic E-state index is 13.2. The lowest BCUT2D eigenvalue weighted by atomic mass is 10.0. The lowest BCUT2D eigenvalue weighted by molar-refractivity contribution is -0.117. The summed E-state index contributed by atoms with van der Waals surface area (Å²) in [6.45, 7) is 3.23. The van der Waals surface area contributed by atoms with E-state index < -0.39 is 0 Å². The minimum absolute atomic E-state index is 0.108. The van der Waals surface area contributed by atoms with Crippen LogP contribution >= 0.6 is 0 Å². The zero-order chi connectivity index (χ0) is 26.5. The third-order valence-corrected chi connectivity index (χ3v) is 6.94. The van der Waals surface area contributed by atoms with E-state index in [-0.39, 0.29) is 17.8 Å². The van der Waals surface area contributed by atoms with Crippen LogP contribution in [0.25, 0.3) is 28.2 Å². The molecule has 196 valence electrons. The fraction of sp³-hybridized carbons (Fsp3) is 0.258. The van der Waals surface area contributed by atoms with Gasteiger partial charge in [0.05, 0.1) is 25.5 Å². The van der Waals surface area contributed by atoms with E-state index in [0.29, 0.717) is 19.7 Å². The van der Waals surface area contributed by atoms with Crippen molar-refractivity contribution in [2.45, 2.75) is 12.6 Å². The molecule has 1 saturated heterocycles. The molecule has 38 heavy (non-hydrogen) atoms. The molecule has 1 aromatic heterocycles. The van der Waals surface area contributed by atoms with Crippen LogP contribution in [0.2, 0.25) is 0 Å². The molecule has 4 aromatic rings. The lowest BCUT2D eigenvalue weighted by Gasteiger charge is -2.33. The number of amides is 1. The molecule has 1 N–H and O–H groups in total. The van der Waals surface area contributed by atoms with E-state index in [1.165, 1.54) is 12.1 Å². The highest BCUT2D eigenvalue weighted by Crippen LogP contribution is 2.35. The standard InChI is InChI=1S/C31H32FN3O3/c1-34-29-14-12-25(37-2)18-28(29)27(31(34)23-6-4-3-5-7-23)13-15-30(36)33-19-26-21-35(16-17-38-26)20-22-8-10-24(32)11-9-22/h3-15,18,26H,16-17,19-21H2,1-2H3,(H,33,36)/b15-13+. The Bertz CT molecular complexity index is 1430. The molecule has 7 heteroatoms. The van der Waals surface area contributed by atoms with Crippen molar-refractivity contribution < 1.29 is 18.7 Å². The molecular weight excluding hydrogens is 481 g/mol. The SMILES string of the molecule is COc1ccc2c(c1)c(/C=C/C(=O)NCC1CN(Cc3ccc(F)cc3)CCO1)c(-c1ccccc1)n2C. The highest BCUT2D eigenvalue weighted by molar-refractivity contribution is 6.01. The summed E-state index contributed by atoms with van der Waals surface area (Å²) in [5.74, 6) is 0.354. The van der Waals surface area contributed by atoms with Crippen molar-refractivity contribution in [3.05, 3.63) is 95.8 Å². The molecule has 1 unspecified atom stereocenters. The van der Waals surface area contributed by atoms with Gasteiger partial charge in [-0.15, -0.1) is 0 Å². The van der Waals surface area contributed by atoms with E-state index in [1.807, 2.05) is 49.5 Å². The van der Waals surface area contributed by atoms with Crippen molar-refractivity contribution in [2.75, 3.05) is 33.4 Å². The summed E-state index contributed by atoms with van der Waals surface area (Å²) in [4.78, 5) is 15.1. The molecular formula is C31H32FN3O3. The number of rotatable bonds is 8.